The first kappa shape index (κ1) is 9.46. The van der Waals surface area contributed by atoms with Crippen LogP contribution in [0.15, 0.2) is 12.5 Å². The zero-order valence-corrected chi connectivity index (χ0v) is 8.60. The molecule has 0 aliphatic heterocycles. The zero-order valence-electron chi connectivity index (χ0n) is 8.60. The number of rotatable bonds is 1. The van der Waals surface area contributed by atoms with Gasteiger partial charge in [0.25, 0.3) is 0 Å². The van der Waals surface area contributed by atoms with E-state index in [0.29, 0.717) is 16.9 Å². The van der Waals surface area contributed by atoms with Crippen molar-refractivity contribution >= 4 is 22.5 Å². The van der Waals surface area contributed by atoms with E-state index in [1.807, 2.05) is 18.4 Å². The monoisotopic (exact) mass is 201 g/mol. The van der Waals surface area contributed by atoms with Gasteiger partial charge in [-0.15, -0.1) is 0 Å². The highest BCUT2D eigenvalue weighted by molar-refractivity contribution is 5.98. The van der Waals surface area contributed by atoms with Crippen LogP contribution >= 0.6 is 0 Å². The van der Waals surface area contributed by atoms with E-state index in [4.69, 9.17) is 12.3 Å². The van der Waals surface area contributed by atoms with Crippen LogP contribution in [0, 0.1) is 6.57 Å². The van der Waals surface area contributed by atoms with Gasteiger partial charge in [-0.25, -0.2) is 14.8 Å². The third kappa shape index (κ3) is 1.31. The molecule has 2 heterocycles. The molecule has 5 heteroatoms. The Morgan fingerprint density at radius 2 is 2.20 bits per heavy atom. The number of anilines is 1. The Bertz CT molecular complexity index is 547. The van der Waals surface area contributed by atoms with Crippen LogP contribution in [-0.4, -0.2) is 14.5 Å². The SMILES string of the molecule is [C-]#[N+]c1cn(C(C)C)c2ncnc(N)c12. The Labute approximate surface area is 87.4 Å². The molecule has 0 fully saturated rings. The first-order chi connectivity index (χ1) is 7.15. The lowest BCUT2D eigenvalue weighted by atomic mass is 10.3. The average molecular weight is 201 g/mol. The Hall–Kier alpha value is -2.09. The van der Waals surface area contributed by atoms with E-state index >= 15 is 0 Å². The van der Waals surface area contributed by atoms with Crippen molar-refractivity contribution in [2.24, 2.45) is 0 Å². The molecule has 0 bridgehead atoms. The van der Waals surface area contributed by atoms with E-state index in [1.54, 1.807) is 6.20 Å². The summed E-state index contributed by atoms with van der Waals surface area (Å²) in [5.41, 5.74) is 6.97. The van der Waals surface area contributed by atoms with Crippen molar-refractivity contribution in [3.63, 3.8) is 0 Å². The van der Waals surface area contributed by atoms with Crippen molar-refractivity contribution in [3.8, 4) is 0 Å². The summed E-state index contributed by atoms with van der Waals surface area (Å²) < 4.78 is 1.93. The van der Waals surface area contributed by atoms with Crippen LogP contribution in [0.25, 0.3) is 15.9 Å². The molecule has 0 amide bonds. The van der Waals surface area contributed by atoms with Gasteiger partial charge in [-0.05, 0) is 13.8 Å². The highest BCUT2D eigenvalue weighted by Gasteiger charge is 2.14. The van der Waals surface area contributed by atoms with Gasteiger partial charge in [-0.2, -0.15) is 0 Å². The van der Waals surface area contributed by atoms with Crippen LogP contribution in [0.3, 0.4) is 0 Å². The molecule has 0 aliphatic carbocycles. The lowest BCUT2D eigenvalue weighted by molar-refractivity contribution is 0.618. The molecule has 0 aliphatic rings. The fourth-order valence-electron chi connectivity index (χ4n) is 1.57. The summed E-state index contributed by atoms with van der Waals surface area (Å²) in [7, 11) is 0. The Balaban J connectivity index is 2.89. The molecule has 15 heavy (non-hydrogen) atoms. The van der Waals surface area contributed by atoms with Crippen molar-refractivity contribution in [3.05, 3.63) is 23.9 Å². The molecule has 2 rings (SSSR count). The van der Waals surface area contributed by atoms with Crippen LogP contribution in [0.1, 0.15) is 19.9 Å². The third-order valence-electron chi connectivity index (χ3n) is 2.30. The maximum absolute atomic E-state index is 7.08. The van der Waals surface area contributed by atoms with E-state index < -0.39 is 0 Å². The molecule has 0 unspecified atom stereocenters. The quantitative estimate of drug-likeness (QED) is 0.719. The first-order valence-electron chi connectivity index (χ1n) is 4.63. The van der Waals surface area contributed by atoms with Crippen LogP contribution in [0.5, 0.6) is 0 Å². The highest BCUT2D eigenvalue weighted by atomic mass is 15.1. The summed E-state index contributed by atoms with van der Waals surface area (Å²) >= 11 is 0. The highest BCUT2D eigenvalue weighted by Crippen LogP contribution is 2.32. The topological polar surface area (TPSA) is 61.1 Å². The number of aromatic nitrogens is 3. The number of hydrogen-bond acceptors (Lipinski definition) is 3. The molecule has 0 spiro atoms. The molecule has 2 N–H and O–H groups in total. The number of nitrogens with zero attached hydrogens (tertiary/aromatic N) is 4. The van der Waals surface area contributed by atoms with Gasteiger partial charge < -0.3 is 10.3 Å². The molecule has 76 valence electrons. The molecule has 0 saturated heterocycles. The van der Waals surface area contributed by atoms with Crippen LogP contribution in [0.2, 0.25) is 0 Å². The van der Waals surface area contributed by atoms with Gasteiger partial charge in [-0.1, -0.05) is 0 Å². The standard InChI is InChI=1S/C10H11N5/c1-6(2)15-4-7(12-3)8-9(11)13-5-14-10(8)15/h4-6H,1-2H3,(H2,11,13,14). The molecular weight excluding hydrogens is 190 g/mol. The van der Waals surface area contributed by atoms with Gasteiger partial charge in [0.2, 0.25) is 5.69 Å². The fraction of sp³-hybridized carbons (Fsp3) is 0.300. The molecule has 5 nitrogen and oxygen atoms in total. The van der Waals surface area contributed by atoms with E-state index in [0.717, 1.165) is 5.65 Å². The average Bonchev–Trinajstić information content (AvgIpc) is 2.58. The van der Waals surface area contributed by atoms with Crippen LogP contribution < -0.4 is 5.73 Å². The van der Waals surface area contributed by atoms with Gasteiger partial charge in [0.15, 0.2) is 0 Å². The van der Waals surface area contributed by atoms with Crippen molar-refractivity contribution in [2.75, 3.05) is 5.73 Å². The Morgan fingerprint density at radius 3 is 2.80 bits per heavy atom. The second-order valence-corrected chi connectivity index (χ2v) is 3.58. The molecule has 0 aromatic carbocycles. The number of hydrogen-bond donors (Lipinski definition) is 1. The van der Waals surface area contributed by atoms with Gasteiger partial charge in [0.05, 0.1) is 12.0 Å². The van der Waals surface area contributed by atoms with E-state index in [1.165, 1.54) is 6.33 Å². The lowest BCUT2D eigenvalue weighted by Gasteiger charge is -2.08. The summed E-state index contributed by atoms with van der Waals surface area (Å²) in [6.45, 7) is 11.1. The minimum Gasteiger partial charge on any atom is -0.384 e. The van der Waals surface area contributed by atoms with Gasteiger partial charge in [-0.3, -0.25) is 0 Å². The largest absolute Gasteiger partial charge is 0.384 e. The van der Waals surface area contributed by atoms with E-state index in [2.05, 4.69) is 14.8 Å². The van der Waals surface area contributed by atoms with Crippen molar-refractivity contribution in [1.82, 2.24) is 14.5 Å². The second-order valence-electron chi connectivity index (χ2n) is 3.58. The normalized spacial score (nSPS) is 10.8. The number of nitrogen functional groups attached to an aromatic ring is 1. The van der Waals surface area contributed by atoms with E-state index in [-0.39, 0.29) is 6.04 Å². The summed E-state index contributed by atoms with van der Waals surface area (Å²) in [4.78, 5) is 11.5. The summed E-state index contributed by atoms with van der Waals surface area (Å²) in [5, 5.41) is 0.654. The van der Waals surface area contributed by atoms with Gasteiger partial charge in [0.1, 0.15) is 17.8 Å². The lowest BCUT2D eigenvalue weighted by Crippen LogP contribution is -2.00. The maximum Gasteiger partial charge on any atom is 0.217 e. The molecular formula is C10H11N5. The van der Waals surface area contributed by atoms with E-state index in [9.17, 15) is 0 Å². The predicted octanol–water partition coefficient (Wildman–Crippen LogP) is 2.15. The zero-order chi connectivity index (χ0) is 11.0. The fourth-order valence-corrected chi connectivity index (χ4v) is 1.57. The third-order valence-corrected chi connectivity index (χ3v) is 2.30. The van der Waals surface area contributed by atoms with Crippen LogP contribution in [0.4, 0.5) is 11.5 Å². The molecule has 0 radical (unpaired) electrons. The van der Waals surface area contributed by atoms with Crippen molar-refractivity contribution in [1.29, 1.82) is 0 Å². The van der Waals surface area contributed by atoms with Crippen molar-refractivity contribution < 1.29 is 0 Å². The molecule has 2 aromatic heterocycles. The summed E-state index contributed by atoms with van der Waals surface area (Å²) in [5.74, 6) is 0.366. The summed E-state index contributed by atoms with van der Waals surface area (Å²) in [6, 6.07) is 0.248. The van der Waals surface area contributed by atoms with Crippen molar-refractivity contribution in [2.45, 2.75) is 19.9 Å². The summed E-state index contributed by atoms with van der Waals surface area (Å²) in [6.07, 6.45) is 3.19. The first-order valence-corrected chi connectivity index (χ1v) is 4.63. The Kier molecular flexibility index (Phi) is 2.05. The minimum atomic E-state index is 0.248. The van der Waals surface area contributed by atoms with Crippen LogP contribution in [-0.2, 0) is 0 Å². The maximum atomic E-state index is 7.08. The minimum absolute atomic E-state index is 0.248. The number of fused-ring (bicyclic) bond motifs is 1. The Morgan fingerprint density at radius 1 is 1.47 bits per heavy atom. The smallest absolute Gasteiger partial charge is 0.217 e. The molecule has 2 aromatic rings. The van der Waals surface area contributed by atoms with Gasteiger partial charge in [0, 0.05) is 12.2 Å². The molecule has 0 atom stereocenters. The van der Waals surface area contributed by atoms with Gasteiger partial charge >= 0.3 is 0 Å². The number of nitrogens with two attached hydrogens (primary N) is 1. The molecule has 0 saturated carbocycles. The predicted molar refractivity (Wildman–Crippen MR) is 58.6 cm³/mol. The second kappa shape index (κ2) is 3.24.